The molecule has 0 aliphatic carbocycles. The third-order valence-electron chi connectivity index (χ3n) is 2.77. The third-order valence-corrected chi connectivity index (χ3v) is 4.64. The molecule has 0 saturated carbocycles. The fraction of sp³-hybridized carbons (Fsp3) is 0.417. The van der Waals surface area contributed by atoms with Crippen molar-refractivity contribution in [2.45, 2.75) is 19.4 Å². The summed E-state index contributed by atoms with van der Waals surface area (Å²) in [6.07, 6.45) is 2.85. The van der Waals surface area contributed by atoms with E-state index in [0.717, 1.165) is 17.4 Å². The van der Waals surface area contributed by atoms with Gasteiger partial charge in [0.2, 0.25) is 0 Å². The first-order valence-electron chi connectivity index (χ1n) is 5.61. The van der Waals surface area contributed by atoms with Crippen LogP contribution in [0.4, 0.5) is 0 Å². The highest BCUT2D eigenvalue weighted by Crippen LogP contribution is 2.25. The molecule has 3 nitrogen and oxygen atoms in total. The Labute approximate surface area is 114 Å². The van der Waals surface area contributed by atoms with Crippen molar-refractivity contribution in [1.82, 2.24) is 15.1 Å². The summed E-state index contributed by atoms with van der Waals surface area (Å²) in [5.74, 6) is 0. The lowest BCUT2D eigenvalue weighted by atomic mass is 10.2. The highest BCUT2D eigenvalue weighted by molar-refractivity contribution is 9.10. The average molecular weight is 314 g/mol. The first-order valence-corrected chi connectivity index (χ1v) is 7.28. The topological polar surface area (TPSA) is 29.9 Å². The third kappa shape index (κ3) is 3.40. The molecule has 1 atom stereocenters. The van der Waals surface area contributed by atoms with E-state index in [2.05, 4.69) is 50.8 Å². The van der Waals surface area contributed by atoms with E-state index in [1.807, 2.05) is 17.9 Å². The summed E-state index contributed by atoms with van der Waals surface area (Å²) < 4.78 is 3.09. The number of hydrogen-bond acceptors (Lipinski definition) is 3. The molecule has 0 aromatic carbocycles. The average Bonchev–Trinajstić information content (AvgIpc) is 2.88. The van der Waals surface area contributed by atoms with Gasteiger partial charge in [-0.25, -0.2) is 0 Å². The minimum Gasteiger partial charge on any atom is -0.309 e. The van der Waals surface area contributed by atoms with Gasteiger partial charge < -0.3 is 5.32 Å². The van der Waals surface area contributed by atoms with E-state index in [-0.39, 0.29) is 0 Å². The Morgan fingerprint density at radius 1 is 1.59 bits per heavy atom. The molecule has 0 aliphatic rings. The highest BCUT2D eigenvalue weighted by atomic mass is 79.9. The van der Waals surface area contributed by atoms with Crippen LogP contribution < -0.4 is 5.32 Å². The molecule has 2 aromatic rings. The summed E-state index contributed by atoms with van der Waals surface area (Å²) >= 11 is 5.26. The van der Waals surface area contributed by atoms with Gasteiger partial charge >= 0.3 is 0 Å². The molecule has 92 valence electrons. The molecule has 0 bridgehead atoms. The molecule has 5 heteroatoms. The van der Waals surface area contributed by atoms with Crippen molar-refractivity contribution in [2.75, 3.05) is 6.54 Å². The van der Waals surface area contributed by atoms with Gasteiger partial charge in [-0.3, -0.25) is 4.68 Å². The first-order chi connectivity index (χ1) is 8.16. The first kappa shape index (κ1) is 12.8. The van der Waals surface area contributed by atoms with Gasteiger partial charge in [0.15, 0.2) is 0 Å². The molecule has 17 heavy (non-hydrogen) atoms. The van der Waals surface area contributed by atoms with Gasteiger partial charge in [-0.15, -0.1) is 11.3 Å². The van der Waals surface area contributed by atoms with Gasteiger partial charge in [-0.05, 0) is 35.0 Å². The monoisotopic (exact) mass is 313 g/mol. The van der Waals surface area contributed by atoms with Gasteiger partial charge in [-0.1, -0.05) is 0 Å². The van der Waals surface area contributed by atoms with Crippen LogP contribution in [0.5, 0.6) is 0 Å². The zero-order valence-corrected chi connectivity index (χ0v) is 12.4. The Bertz CT molecular complexity index is 478. The zero-order valence-electron chi connectivity index (χ0n) is 9.98. The number of thiophene rings is 1. The standard InChI is InChI=1S/C12H16BrN3S/c1-9(12-7-10(13)8-17-12)14-5-3-11-4-6-15-16(11)2/h4,6-9,14H,3,5H2,1-2H3. The van der Waals surface area contributed by atoms with E-state index >= 15 is 0 Å². The number of nitrogens with zero attached hydrogens (tertiary/aromatic N) is 2. The van der Waals surface area contributed by atoms with Crippen molar-refractivity contribution in [3.05, 3.63) is 38.8 Å². The maximum atomic E-state index is 4.16. The summed E-state index contributed by atoms with van der Waals surface area (Å²) in [4.78, 5) is 1.36. The van der Waals surface area contributed by atoms with E-state index in [9.17, 15) is 0 Å². The summed E-state index contributed by atoms with van der Waals surface area (Å²) in [6, 6.07) is 4.64. The van der Waals surface area contributed by atoms with Crippen LogP contribution in [-0.4, -0.2) is 16.3 Å². The second-order valence-electron chi connectivity index (χ2n) is 4.04. The van der Waals surface area contributed by atoms with Gasteiger partial charge in [0.1, 0.15) is 0 Å². The SMILES string of the molecule is CC(NCCc1ccnn1C)c1cc(Br)cs1. The minimum absolute atomic E-state index is 0.402. The molecule has 0 aliphatic heterocycles. The van der Waals surface area contributed by atoms with Crippen molar-refractivity contribution in [3.63, 3.8) is 0 Å². The largest absolute Gasteiger partial charge is 0.309 e. The maximum Gasteiger partial charge on any atom is 0.0492 e. The summed E-state index contributed by atoms with van der Waals surface area (Å²) in [7, 11) is 1.98. The molecule has 1 N–H and O–H groups in total. The summed E-state index contributed by atoms with van der Waals surface area (Å²) in [6.45, 7) is 3.16. The molecular weight excluding hydrogens is 298 g/mol. The Kier molecular flexibility index (Phi) is 4.36. The molecule has 1 unspecified atom stereocenters. The highest BCUT2D eigenvalue weighted by Gasteiger charge is 2.07. The molecule has 0 radical (unpaired) electrons. The molecule has 2 rings (SSSR count). The van der Waals surface area contributed by atoms with E-state index in [1.165, 1.54) is 10.6 Å². The summed E-state index contributed by atoms with van der Waals surface area (Å²) in [5, 5.41) is 9.81. The second-order valence-corrected chi connectivity index (χ2v) is 5.90. The van der Waals surface area contributed by atoms with E-state index in [4.69, 9.17) is 0 Å². The summed E-state index contributed by atoms with van der Waals surface area (Å²) in [5.41, 5.74) is 1.26. The van der Waals surface area contributed by atoms with Crippen molar-refractivity contribution >= 4 is 27.3 Å². The van der Waals surface area contributed by atoms with Crippen molar-refractivity contribution < 1.29 is 0 Å². The fourth-order valence-corrected chi connectivity index (χ4v) is 3.20. The maximum absolute atomic E-state index is 4.16. The van der Waals surface area contributed by atoms with Crippen LogP contribution in [0.25, 0.3) is 0 Å². The lowest BCUT2D eigenvalue weighted by molar-refractivity contribution is 0.570. The lowest BCUT2D eigenvalue weighted by Crippen LogP contribution is -2.21. The quantitative estimate of drug-likeness (QED) is 0.919. The number of hydrogen-bond donors (Lipinski definition) is 1. The molecule has 2 aromatic heterocycles. The van der Waals surface area contributed by atoms with E-state index < -0.39 is 0 Å². The fourth-order valence-electron chi connectivity index (χ4n) is 1.72. The predicted octanol–water partition coefficient (Wildman–Crippen LogP) is 3.14. The van der Waals surface area contributed by atoms with Crippen molar-refractivity contribution in [1.29, 1.82) is 0 Å². The van der Waals surface area contributed by atoms with Gasteiger partial charge in [0.05, 0.1) is 0 Å². The Hall–Kier alpha value is -0.650. The number of aryl methyl sites for hydroxylation is 1. The number of aromatic nitrogens is 2. The van der Waals surface area contributed by atoms with Gasteiger partial charge in [0, 0.05) is 52.7 Å². The van der Waals surface area contributed by atoms with Crippen molar-refractivity contribution in [2.24, 2.45) is 7.05 Å². The normalized spacial score (nSPS) is 12.9. The van der Waals surface area contributed by atoms with Crippen LogP contribution in [-0.2, 0) is 13.5 Å². The van der Waals surface area contributed by atoms with Crippen molar-refractivity contribution in [3.8, 4) is 0 Å². The zero-order chi connectivity index (χ0) is 12.3. The van der Waals surface area contributed by atoms with Crippen LogP contribution >= 0.6 is 27.3 Å². The predicted molar refractivity (Wildman–Crippen MR) is 75.3 cm³/mol. The Morgan fingerprint density at radius 2 is 2.41 bits per heavy atom. The molecular formula is C12H16BrN3S. The number of nitrogens with one attached hydrogen (secondary N) is 1. The number of rotatable bonds is 5. The Morgan fingerprint density at radius 3 is 3.00 bits per heavy atom. The molecule has 0 saturated heterocycles. The number of halogens is 1. The van der Waals surface area contributed by atoms with Crippen LogP contribution in [0, 0.1) is 0 Å². The smallest absolute Gasteiger partial charge is 0.0492 e. The molecule has 0 spiro atoms. The van der Waals surface area contributed by atoms with Crippen LogP contribution in [0.3, 0.4) is 0 Å². The van der Waals surface area contributed by atoms with Crippen LogP contribution in [0.2, 0.25) is 0 Å². The molecule has 0 fully saturated rings. The lowest BCUT2D eigenvalue weighted by Gasteiger charge is -2.11. The van der Waals surface area contributed by atoms with Crippen LogP contribution in [0.15, 0.2) is 28.2 Å². The molecule has 2 heterocycles. The van der Waals surface area contributed by atoms with Gasteiger partial charge in [-0.2, -0.15) is 5.10 Å². The Balaban J connectivity index is 1.81. The van der Waals surface area contributed by atoms with E-state index in [0.29, 0.717) is 6.04 Å². The molecule has 0 amide bonds. The minimum atomic E-state index is 0.402. The van der Waals surface area contributed by atoms with Crippen LogP contribution in [0.1, 0.15) is 23.5 Å². The van der Waals surface area contributed by atoms with Gasteiger partial charge in [0.25, 0.3) is 0 Å². The second kappa shape index (κ2) is 5.80. The van der Waals surface area contributed by atoms with E-state index in [1.54, 1.807) is 11.3 Å².